The maximum Gasteiger partial charge on any atom is 0.337 e. The highest BCUT2D eigenvalue weighted by Crippen LogP contribution is 2.23. The molecule has 0 spiro atoms. The van der Waals surface area contributed by atoms with E-state index in [1.165, 1.54) is 12.8 Å². The lowest BCUT2D eigenvalue weighted by Gasteiger charge is -2.31. The van der Waals surface area contributed by atoms with E-state index in [1.54, 1.807) is 18.5 Å². The van der Waals surface area contributed by atoms with Gasteiger partial charge >= 0.3 is 5.97 Å². The van der Waals surface area contributed by atoms with Gasteiger partial charge in [0.25, 0.3) is 0 Å². The van der Waals surface area contributed by atoms with Crippen molar-refractivity contribution in [2.75, 3.05) is 19.6 Å². The van der Waals surface area contributed by atoms with Gasteiger partial charge in [-0.3, -0.25) is 0 Å². The van der Waals surface area contributed by atoms with Crippen molar-refractivity contribution >= 4 is 17.0 Å². The molecule has 5 nitrogen and oxygen atoms in total. The van der Waals surface area contributed by atoms with Gasteiger partial charge in [0.1, 0.15) is 5.52 Å². The Morgan fingerprint density at radius 1 is 1.38 bits per heavy atom. The summed E-state index contributed by atoms with van der Waals surface area (Å²) in [4.78, 5) is 18.0. The number of benzene rings is 1. The summed E-state index contributed by atoms with van der Waals surface area (Å²) in [5.74, 6) is -0.263. The number of rotatable bonds is 4. The van der Waals surface area contributed by atoms with Gasteiger partial charge in [-0.2, -0.15) is 0 Å². The molecule has 3 rings (SSSR count). The first-order chi connectivity index (χ1) is 10.2. The molecule has 5 heteroatoms. The van der Waals surface area contributed by atoms with Gasteiger partial charge in [-0.1, -0.05) is 13.0 Å². The molecule has 1 aromatic heterocycles. The quantitative estimate of drug-likeness (QED) is 0.938. The van der Waals surface area contributed by atoms with Crippen molar-refractivity contribution in [1.29, 1.82) is 0 Å². The molecule has 0 aliphatic carbocycles. The predicted octanol–water partition coefficient (Wildman–Crippen LogP) is 2.47. The molecule has 0 atom stereocenters. The van der Waals surface area contributed by atoms with Crippen molar-refractivity contribution in [2.45, 2.75) is 26.3 Å². The first-order valence-corrected chi connectivity index (χ1v) is 7.58. The summed E-state index contributed by atoms with van der Waals surface area (Å²) in [6.07, 6.45) is 4.18. The average molecular weight is 287 g/mol. The van der Waals surface area contributed by atoms with E-state index in [4.69, 9.17) is 0 Å². The zero-order valence-electron chi connectivity index (χ0n) is 12.3. The fourth-order valence-electron chi connectivity index (χ4n) is 3.17. The summed E-state index contributed by atoms with van der Waals surface area (Å²) in [7, 11) is 0. The van der Waals surface area contributed by atoms with Crippen LogP contribution in [0.4, 0.5) is 0 Å². The average Bonchev–Trinajstić information content (AvgIpc) is 2.91. The van der Waals surface area contributed by atoms with E-state index in [9.17, 15) is 9.90 Å². The fourth-order valence-corrected chi connectivity index (χ4v) is 3.17. The number of hydrogen-bond donors (Lipinski definition) is 1. The number of para-hydroxylation sites is 1. The van der Waals surface area contributed by atoms with Crippen LogP contribution in [0.2, 0.25) is 0 Å². The van der Waals surface area contributed by atoms with Crippen LogP contribution >= 0.6 is 0 Å². The number of carboxylic acid groups (broad SMARTS) is 1. The summed E-state index contributed by atoms with van der Waals surface area (Å²) in [6.45, 7) is 6.58. The number of nitrogens with zero attached hydrogens (tertiary/aromatic N) is 3. The van der Waals surface area contributed by atoms with Crippen LogP contribution in [0.3, 0.4) is 0 Å². The number of aromatic nitrogens is 2. The Morgan fingerprint density at radius 3 is 2.81 bits per heavy atom. The summed E-state index contributed by atoms with van der Waals surface area (Å²) < 4.78 is 2.11. The number of piperidine rings is 1. The Hall–Kier alpha value is -1.88. The lowest BCUT2D eigenvalue weighted by molar-refractivity contribution is 0.0699. The molecule has 0 radical (unpaired) electrons. The summed E-state index contributed by atoms with van der Waals surface area (Å²) in [5.41, 5.74) is 1.80. The number of imidazole rings is 1. The Labute approximate surface area is 124 Å². The predicted molar refractivity (Wildman–Crippen MR) is 81.5 cm³/mol. The molecule has 0 bridgehead atoms. The van der Waals surface area contributed by atoms with E-state index in [0.29, 0.717) is 11.4 Å². The molecule has 0 saturated carbocycles. The lowest BCUT2D eigenvalue weighted by Crippen LogP contribution is -2.34. The maximum absolute atomic E-state index is 11.2. The van der Waals surface area contributed by atoms with Crippen LogP contribution in [0.5, 0.6) is 0 Å². The Bertz CT molecular complexity index is 642. The van der Waals surface area contributed by atoms with Crippen LogP contribution in [-0.2, 0) is 6.54 Å². The van der Waals surface area contributed by atoms with Crippen molar-refractivity contribution in [3.05, 3.63) is 30.1 Å². The largest absolute Gasteiger partial charge is 0.478 e. The fraction of sp³-hybridized carbons (Fsp3) is 0.500. The van der Waals surface area contributed by atoms with Crippen molar-refractivity contribution in [1.82, 2.24) is 14.5 Å². The lowest BCUT2D eigenvalue weighted by atomic mass is 9.96. The summed E-state index contributed by atoms with van der Waals surface area (Å²) in [5, 5.41) is 9.22. The number of fused-ring (bicyclic) bond motifs is 1. The van der Waals surface area contributed by atoms with Crippen LogP contribution in [-0.4, -0.2) is 45.2 Å². The Kier molecular flexibility index (Phi) is 3.92. The minimum absolute atomic E-state index is 0.284. The van der Waals surface area contributed by atoms with Crippen molar-refractivity contribution in [3.63, 3.8) is 0 Å². The zero-order valence-corrected chi connectivity index (χ0v) is 12.3. The smallest absolute Gasteiger partial charge is 0.337 e. The van der Waals surface area contributed by atoms with Gasteiger partial charge in [0.2, 0.25) is 0 Å². The Balaban J connectivity index is 1.79. The van der Waals surface area contributed by atoms with Gasteiger partial charge in [0.05, 0.1) is 17.4 Å². The molecule has 2 heterocycles. The van der Waals surface area contributed by atoms with E-state index in [1.807, 2.05) is 6.07 Å². The SMILES string of the molecule is CCN1CCC(Cn2cnc3c(C(=O)O)cccc32)CC1. The molecule has 21 heavy (non-hydrogen) atoms. The second-order valence-corrected chi connectivity index (χ2v) is 5.75. The first-order valence-electron chi connectivity index (χ1n) is 7.58. The van der Waals surface area contributed by atoms with Crippen molar-refractivity contribution in [2.24, 2.45) is 5.92 Å². The van der Waals surface area contributed by atoms with Gasteiger partial charge in [0, 0.05) is 6.54 Å². The number of hydrogen-bond acceptors (Lipinski definition) is 3. The molecule has 0 unspecified atom stereocenters. The first kappa shape index (κ1) is 14.1. The van der Waals surface area contributed by atoms with Crippen LogP contribution in [0.15, 0.2) is 24.5 Å². The number of carbonyl (C=O) groups is 1. The second kappa shape index (κ2) is 5.85. The molecule has 1 aliphatic heterocycles. The normalized spacial score (nSPS) is 17.4. The number of carboxylic acids is 1. The monoisotopic (exact) mass is 287 g/mol. The van der Waals surface area contributed by atoms with Crippen LogP contribution in [0.1, 0.15) is 30.1 Å². The maximum atomic E-state index is 11.2. The molecule has 1 fully saturated rings. The molecule has 112 valence electrons. The zero-order chi connectivity index (χ0) is 14.8. The molecule has 0 amide bonds. The third-order valence-corrected chi connectivity index (χ3v) is 4.49. The van der Waals surface area contributed by atoms with Gasteiger partial charge in [0.15, 0.2) is 0 Å². The molecule has 1 N–H and O–H groups in total. The standard InChI is InChI=1S/C16H21N3O2/c1-2-18-8-6-12(7-9-18)10-19-11-17-15-13(16(20)21)4-3-5-14(15)19/h3-5,11-12H,2,6-10H2,1H3,(H,20,21). The minimum atomic E-state index is -0.915. The van der Waals surface area contributed by atoms with E-state index >= 15 is 0 Å². The van der Waals surface area contributed by atoms with Gasteiger partial charge in [-0.05, 0) is 50.5 Å². The van der Waals surface area contributed by atoms with E-state index in [2.05, 4.69) is 21.4 Å². The highest BCUT2D eigenvalue weighted by atomic mass is 16.4. The molecule has 1 aromatic carbocycles. The molecule has 1 aliphatic rings. The van der Waals surface area contributed by atoms with Gasteiger partial charge in [-0.25, -0.2) is 9.78 Å². The Morgan fingerprint density at radius 2 is 2.14 bits per heavy atom. The van der Waals surface area contributed by atoms with Crippen LogP contribution in [0, 0.1) is 5.92 Å². The van der Waals surface area contributed by atoms with E-state index < -0.39 is 5.97 Å². The van der Waals surface area contributed by atoms with Gasteiger partial charge < -0.3 is 14.6 Å². The van der Waals surface area contributed by atoms with Crippen LogP contribution in [0.25, 0.3) is 11.0 Å². The highest BCUT2D eigenvalue weighted by Gasteiger charge is 2.20. The summed E-state index contributed by atoms with van der Waals surface area (Å²) >= 11 is 0. The third kappa shape index (κ3) is 2.78. The molecule has 2 aromatic rings. The van der Waals surface area contributed by atoms with E-state index in [0.717, 1.165) is 31.7 Å². The number of aromatic carboxylic acids is 1. The third-order valence-electron chi connectivity index (χ3n) is 4.49. The minimum Gasteiger partial charge on any atom is -0.478 e. The topological polar surface area (TPSA) is 58.4 Å². The summed E-state index contributed by atoms with van der Waals surface area (Å²) in [6, 6.07) is 5.36. The van der Waals surface area contributed by atoms with Gasteiger partial charge in [-0.15, -0.1) is 0 Å². The van der Waals surface area contributed by atoms with Crippen LogP contribution < -0.4 is 0 Å². The van der Waals surface area contributed by atoms with E-state index in [-0.39, 0.29) is 5.56 Å². The molecule has 1 saturated heterocycles. The second-order valence-electron chi connectivity index (χ2n) is 5.75. The molecular weight excluding hydrogens is 266 g/mol. The van der Waals surface area contributed by atoms with Crippen molar-refractivity contribution < 1.29 is 9.90 Å². The highest BCUT2D eigenvalue weighted by molar-refractivity contribution is 6.00. The number of likely N-dealkylation sites (tertiary alicyclic amines) is 1. The van der Waals surface area contributed by atoms with Crippen molar-refractivity contribution in [3.8, 4) is 0 Å². The molecular formula is C16H21N3O2.